The molecule has 0 aliphatic heterocycles. The molecule has 0 aliphatic rings. The second-order valence-electron chi connectivity index (χ2n) is 1.67. The highest BCUT2D eigenvalue weighted by Gasteiger charge is 2.06. The average molecular weight is 159 g/mol. The van der Waals surface area contributed by atoms with Gasteiger partial charge in [0.05, 0.1) is 6.21 Å². The number of aliphatic carboxylic acids is 1. The Hall–Kier alpha value is -1.63. The van der Waals surface area contributed by atoms with Gasteiger partial charge < -0.3 is 16.6 Å². The van der Waals surface area contributed by atoms with E-state index in [1.165, 1.54) is 0 Å². The summed E-state index contributed by atoms with van der Waals surface area (Å²) in [5, 5.41) is 18.1. The number of nitrogens with zero attached hydrogens (tertiary/aromatic N) is 1. The van der Waals surface area contributed by atoms with Crippen LogP contribution in [0.4, 0.5) is 0 Å². The van der Waals surface area contributed by atoms with Crippen molar-refractivity contribution in [2.75, 3.05) is 0 Å². The Morgan fingerprint density at radius 3 is 2.73 bits per heavy atom. The lowest BCUT2D eigenvalue weighted by atomic mass is 10.4. The largest absolute Gasteiger partial charge is 0.480 e. The van der Waals surface area contributed by atoms with Crippen LogP contribution in [0.5, 0.6) is 0 Å². The lowest BCUT2D eigenvalue weighted by molar-refractivity contribution is -0.136. The number of nitrogens with one attached hydrogen (secondary N) is 2. The molecule has 0 rings (SSSR count). The molecule has 62 valence electrons. The van der Waals surface area contributed by atoms with E-state index in [-0.39, 0.29) is 5.96 Å². The highest BCUT2D eigenvalue weighted by molar-refractivity contribution is 5.93. The van der Waals surface area contributed by atoms with Crippen LogP contribution in [0.2, 0.25) is 0 Å². The lowest BCUT2D eigenvalue weighted by Gasteiger charge is -1.97. The minimum absolute atomic E-state index is 0.376. The summed E-state index contributed by atoms with van der Waals surface area (Å²) in [6, 6.07) is -1.18. The SMILES string of the molecule is N=C(N)N/N=C\C(N)C(=O)O. The zero-order valence-electron chi connectivity index (χ0n) is 5.61. The number of carbonyl (C=O) groups is 1. The molecule has 0 spiro atoms. The zero-order valence-corrected chi connectivity index (χ0v) is 5.61. The molecule has 1 atom stereocenters. The summed E-state index contributed by atoms with van der Waals surface area (Å²) in [7, 11) is 0. The van der Waals surface area contributed by atoms with E-state index in [9.17, 15) is 4.79 Å². The average Bonchev–Trinajstić information content (AvgIpc) is 1.86. The van der Waals surface area contributed by atoms with E-state index < -0.39 is 12.0 Å². The summed E-state index contributed by atoms with van der Waals surface area (Å²) in [4.78, 5) is 10.0. The fourth-order valence-corrected chi connectivity index (χ4v) is 0.251. The molecule has 0 radical (unpaired) electrons. The molecule has 0 aromatic carbocycles. The Labute approximate surface area is 62.6 Å². The fraction of sp³-hybridized carbons (Fsp3) is 0.250. The van der Waals surface area contributed by atoms with Gasteiger partial charge >= 0.3 is 5.97 Å². The number of carboxylic acids is 1. The van der Waals surface area contributed by atoms with Crippen LogP contribution in [0.1, 0.15) is 0 Å². The van der Waals surface area contributed by atoms with E-state index >= 15 is 0 Å². The minimum Gasteiger partial charge on any atom is -0.480 e. The van der Waals surface area contributed by atoms with Crippen LogP contribution in [0.25, 0.3) is 0 Å². The summed E-state index contributed by atoms with van der Waals surface area (Å²) in [6.07, 6.45) is 0.934. The number of hydrazone groups is 1. The minimum atomic E-state index is -1.20. The van der Waals surface area contributed by atoms with Crippen molar-refractivity contribution in [3.8, 4) is 0 Å². The van der Waals surface area contributed by atoms with Gasteiger partial charge in [0.2, 0.25) is 5.96 Å². The van der Waals surface area contributed by atoms with Gasteiger partial charge in [-0.05, 0) is 0 Å². The third-order valence-corrected chi connectivity index (χ3v) is 0.705. The molecule has 0 amide bonds. The first-order chi connectivity index (χ1) is 5.04. The van der Waals surface area contributed by atoms with Crippen molar-refractivity contribution in [2.24, 2.45) is 16.6 Å². The Kier molecular flexibility index (Phi) is 3.60. The molecule has 0 aromatic heterocycles. The van der Waals surface area contributed by atoms with E-state index in [0.717, 1.165) is 6.21 Å². The molecule has 0 heterocycles. The maximum Gasteiger partial charge on any atom is 0.326 e. The van der Waals surface area contributed by atoms with Crippen molar-refractivity contribution in [1.82, 2.24) is 5.43 Å². The molecule has 0 saturated carbocycles. The quantitative estimate of drug-likeness (QED) is 0.182. The molecule has 1 unspecified atom stereocenters. The van der Waals surface area contributed by atoms with Gasteiger partial charge in [0, 0.05) is 0 Å². The maximum absolute atomic E-state index is 10.0. The lowest BCUT2D eigenvalue weighted by Crippen LogP contribution is -2.33. The number of hydrogen-bond donors (Lipinski definition) is 5. The van der Waals surface area contributed by atoms with E-state index in [1.807, 2.05) is 5.43 Å². The van der Waals surface area contributed by atoms with Gasteiger partial charge in [0.15, 0.2) is 0 Å². The van der Waals surface area contributed by atoms with Crippen molar-refractivity contribution >= 4 is 18.1 Å². The van der Waals surface area contributed by atoms with Crippen LogP contribution in [-0.2, 0) is 4.79 Å². The summed E-state index contributed by atoms with van der Waals surface area (Å²) >= 11 is 0. The first kappa shape index (κ1) is 9.37. The third-order valence-electron chi connectivity index (χ3n) is 0.705. The first-order valence-corrected chi connectivity index (χ1v) is 2.65. The molecule has 0 fully saturated rings. The number of rotatable bonds is 3. The first-order valence-electron chi connectivity index (χ1n) is 2.65. The molecule has 0 bridgehead atoms. The third kappa shape index (κ3) is 4.85. The predicted octanol–water partition coefficient (Wildman–Crippen LogP) is -2.13. The molecule has 0 aromatic rings. The van der Waals surface area contributed by atoms with Crippen molar-refractivity contribution in [2.45, 2.75) is 6.04 Å². The van der Waals surface area contributed by atoms with Gasteiger partial charge in [0.25, 0.3) is 0 Å². The van der Waals surface area contributed by atoms with E-state index in [0.29, 0.717) is 0 Å². The standard InChI is InChI=1S/C4H9N5O2/c5-2(3(10)11)1-8-9-4(6)7/h1-2H,5H2,(H,10,11)(H4,6,7,9)/b8-1-. The normalized spacial score (nSPS) is 12.8. The van der Waals surface area contributed by atoms with E-state index in [2.05, 4.69) is 5.10 Å². The molecule has 7 N–H and O–H groups in total. The maximum atomic E-state index is 10.0. The predicted molar refractivity (Wildman–Crippen MR) is 39.2 cm³/mol. The zero-order chi connectivity index (χ0) is 8.85. The van der Waals surface area contributed by atoms with Gasteiger partial charge in [-0.1, -0.05) is 0 Å². The Morgan fingerprint density at radius 2 is 2.36 bits per heavy atom. The number of hydrogen-bond acceptors (Lipinski definition) is 4. The van der Waals surface area contributed by atoms with Gasteiger partial charge in [-0.25, -0.2) is 5.43 Å². The Morgan fingerprint density at radius 1 is 1.82 bits per heavy atom. The summed E-state index contributed by atoms with van der Waals surface area (Å²) in [6.45, 7) is 0. The number of nitrogens with two attached hydrogens (primary N) is 2. The Bertz CT molecular complexity index is 189. The van der Waals surface area contributed by atoms with Gasteiger partial charge in [0.1, 0.15) is 6.04 Å². The number of carboxylic acid groups (broad SMARTS) is 1. The van der Waals surface area contributed by atoms with Gasteiger partial charge in [-0.2, -0.15) is 5.10 Å². The summed E-state index contributed by atoms with van der Waals surface area (Å²) < 4.78 is 0. The molecule has 7 nitrogen and oxygen atoms in total. The molecule has 0 aliphatic carbocycles. The van der Waals surface area contributed by atoms with Gasteiger partial charge in [-0.15, -0.1) is 0 Å². The summed E-state index contributed by atoms with van der Waals surface area (Å²) in [5.74, 6) is -1.57. The monoisotopic (exact) mass is 159 g/mol. The van der Waals surface area contributed by atoms with Crippen LogP contribution in [0, 0.1) is 5.41 Å². The van der Waals surface area contributed by atoms with Crippen molar-refractivity contribution in [3.63, 3.8) is 0 Å². The molecule has 7 heteroatoms. The molecule has 0 saturated heterocycles. The fourth-order valence-electron chi connectivity index (χ4n) is 0.251. The topological polar surface area (TPSA) is 138 Å². The smallest absolute Gasteiger partial charge is 0.326 e. The van der Waals surface area contributed by atoms with Crippen LogP contribution in [0.3, 0.4) is 0 Å². The van der Waals surface area contributed by atoms with Crippen molar-refractivity contribution in [3.05, 3.63) is 0 Å². The second-order valence-corrected chi connectivity index (χ2v) is 1.67. The van der Waals surface area contributed by atoms with Crippen LogP contribution >= 0.6 is 0 Å². The molecular formula is C4H9N5O2. The van der Waals surface area contributed by atoms with Gasteiger partial charge in [-0.3, -0.25) is 10.2 Å². The summed E-state index contributed by atoms with van der Waals surface area (Å²) in [5.41, 5.74) is 11.8. The van der Waals surface area contributed by atoms with Crippen LogP contribution < -0.4 is 16.9 Å². The number of guanidine groups is 1. The van der Waals surface area contributed by atoms with Crippen LogP contribution in [0.15, 0.2) is 5.10 Å². The van der Waals surface area contributed by atoms with E-state index in [4.69, 9.17) is 22.0 Å². The van der Waals surface area contributed by atoms with E-state index in [1.54, 1.807) is 0 Å². The van der Waals surface area contributed by atoms with Crippen molar-refractivity contribution in [1.29, 1.82) is 5.41 Å². The molecular weight excluding hydrogens is 150 g/mol. The van der Waals surface area contributed by atoms with Crippen molar-refractivity contribution < 1.29 is 9.90 Å². The second kappa shape index (κ2) is 4.23. The highest BCUT2D eigenvalue weighted by atomic mass is 16.4. The highest BCUT2D eigenvalue weighted by Crippen LogP contribution is 1.70. The van der Waals surface area contributed by atoms with Crippen LogP contribution in [-0.4, -0.2) is 29.3 Å². The molecule has 11 heavy (non-hydrogen) atoms. The Balaban J connectivity index is 3.74.